The van der Waals surface area contributed by atoms with Gasteiger partial charge in [0.25, 0.3) is 0 Å². The van der Waals surface area contributed by atoms with Crippen LogP contribution in [0.4, 0.5) is 11.8 Å². The molecule has 2 N–H and O–H groups in total. The molecule has 3 heterocycles. The summed E-state index contributed by atoms with van der Waals surface area (Å²) in [5.74, 6) is 1.31. The van der Waals surface area contributed by atoms with E-state index in [0.29, 0.717) is 12.0 Å². The predicted molar refractivity (Wildman–Crippen MR) is 80.7 cm³/mol. The van der Waals surface area contributed by atoms with E-state index in [4.69, 9.17) is 5.73 Å². The zero-order valence-corrected chi connectivity index (χ0v) is 12.2. The summed E-state index contributed by atoms with van der Waals surface area (Å²) in [5.41, 5.74) is 5.80. The van der Waals surface area contributed by atoms with E-state index in [1.165, 1.54) is 19.4 Å². The number of nitrogen functional groups attached to an aromatic ring is 1. The average molecular weight is 277 g/mol. The van der Waals surface area contributed by atoms with Gasteiger partial charge in [-0.1, -0.05) is 0 Å². The van der Waals surface area contributed by atoms with Crippen LogP contribution in [-0.2, 0) is 0 Å². The van der Waals surface area contributed by atoms with Crippen LogP contribution < -0.4 is 10.6 Å². The van der Waals surface area contributed by atoms with E-state index in [0.717, 1.165) is 22.6 Å². The van der Waals surface area contributed by atoms with Gasteiger partial charge < -0.3 is 15.5 Å². The molecule has 2 aromatic rings. The highest BCUT2D eigenvalue weighted by atomic mass is 32.1. The van der Waals surface area contributed by atoms with Gasteiger partial charge in [0, 0.05) is 19.6 Å². The average Bonchev–Trinajstić information content (AvgIpc) is 2.98. The first-order valence-corrected chi connectivity index (χ1v) is 7.45. The summed E-state index contributed by atoms with van der Waals surface area (Å²) in [7, 11) is 4.28. The van der Waals surface area contributed by atoms with Gasteiger partial charge in [0.05, 0.1) is 5.39 Å². The summed E-state index contributed by atoms with van der Waals surface area (Å²) in [6.07, 6.45) is 2.54. The molecule has 1 saturated heterocycles. The second-order valence-corrected chi connectivity index (χ2v) is 6.10. The fourth-order valence-corrected chi connectivity index (χ4v) is 3.52. The first kappa shape index (κ1) is 12.6. The van der Waals surface area contributed by atoms with E-state index in [1.54, 1.807) is 11.3 Å². The summed E-state index contributed by atoms with van der Waals surface area (Å²) in [4.78, 5) is 14.3. The summed E-state index contributed by atoms with van der Waals surface area (Å²) >= 11 is 1.61. The fraction of sp³-hybridized carbons (Fsp3) is 0.538. The van der Waals surface area contributed by atoms with Crippen LogP contribution in [0.25, 0.3) is 10.2 Å². The maximum atomic E-state index is 5.80. The van der Waals surface area contributed by atoms with Gasteiger partial charge in [-0.3, -0.25) is 0 Å². The number of rotatable bonds is 3. The first-order valence-electron chi connectivity index (χ1n) is 6.57. The minimum absolute atomic E-state index is 0.358. The molecule has 1 atom stereocenters. The zero-order valence-electron chi connectivity index (χ0n) is 11.3. The topological polar surface area (TPSA) is 58.3 Å². The Balaban J connectivity index is 1.88. The highest BCUT2D eigenvalue weighted by Gasteiger charge is 2.23. The van der Waals surface area contributed by atoms with Crippen LogP contribution in [0.15, 0.2) is 11.4 Å². The Morgan fingerprint density at radius 1 is 1.53 bits per heavy atom. The third-order valence-corrected chi connectivity index (χ3v) is 4.65. The number of hydrogen-bond donors (Lipinski definition) is 1. The Labute approximate surface area is 117 Å². The van der Waals surface area contributed by atoms with Crippen molar-refractivity contribution in [1.82, 2.24) is 14.9 Å². The Morgan fingerprint density at radius 3 is 3.11 bits per heavy atom. The first-order chi connectivity index (χ1) is 9.15. The van der Waals surface area contributed by atoms with Crippen LogP contribution in [0.3, 0.4) is 0 Å². The maximum Gasteiger partial charge on any atom is 0.223 e. The van der Waals surface area contributed by atoms with Gasteiger partial charge >= 0.3 is 0 Å². The molecule has 0 aromatic carbocycles. The monoisotopic (exact) mass is 277 g/mol. The van der Waals surface area contributed by atoms with E-state index < -0.39 is 0 Å². The minimum atomic E-state index is 0.358. The van der Waals surface area contributed by atoms with Crippen LogP contribution in [-0.4, -0.2) is 48.1 Å². The minimum Gasteiger partial charge on any atom is -0.368 e. The second-order valence-electron chi connectivity index (χ2n) is 5.20. The van der Waals surface area contributed by atoms with Crippen molar-refractivity contribution < 1.29 is 0 Å². The van der Waals surface area contributed by atoms with Gasteiger partial charge in [0.1, 0.15) is 10.6 Å². The molecule has 0 radical (unpaired) electrons. The molecule has 0 bridgehead atoms. The standard InChI is InChI=1S/C13H19N5S/c1-17-6-3-4-9(17)8-18(2)11-10-5-7-19-12(10)16-13(14)15-11/h5,7,9H,3-4,6,8H2,1-2H3,(H2,14,15,16). The number of nitrogens with zero attached hydrogens (tertiary/aromatic N) is 4. The van der Waals surface area contributed by atoms with Crippen molar-refractivity contribution in [3.05, 3.63) is 11.4 Å². The van der Waals surface area contributed by atoms with Crippen molar-refractivity contribution in [3.63, 3.8) is 0 Å². The van der Waals surface area contributed by atoms with Crippen molar-refractivity contribution >= 4 is 33.3 Å². The predicted octanol–water partition coefficient (Wildman–Crippen LogP) is 1.80. The number of likely N-dealkylation sites (N-methyl/N-ethyl adjacent to an activating group) is 2. The van der Waals surface area contributed by atoms with Crippen LogP contribution >= 0.6 is 11.3 Å². The number of likely N-dealkylation sites (tertiary alicyclic amines) is 1. The third-order valence-electron chi connectivity index (χ3n) is 3.84. The Bertz CT molecular complexity index is 581. The fourth-order valence-electron chi connectivity index (χ4n) is 2.76. The smallest absolute Gasteiger partial charge is 0.223 e. The van der Waals surface area contributed by atoms with Crippen LogP contribution in [0.2, 0.25) is 0 Å². The molecule has 1 fully saturated rings. The second kappa shape index (κ2) is 4.94. The molecule has 0 spiro atoms. The summed E-state index contributed by atoms with van der Waals surface area (Å²) < 4.78 is 0. The van der Waals surface area contributed by atoms with E-state index in [2.05, 4.69) is 39.9 Å². The molecule has 2 aromatic heterocycles. The van der Waals surface area contributed by atoms with Crippen LogP contribution in [0.5, 0.6) is 0 Å². The van der Waals surface area contributed by atoms with Crippen molar-refractivity contribution in [2.24, 2.45) is 0 Å². The van der Waals surface area contributed by atoms with Gasteiger partial charge in [0.2, 0.25) is 5.95 Å². The number of thiophene rings is 1. The van der Waals surface area contributed by atoms with Crippen molar-refractivity contribution in [1.29, 1.82) is 0 Å². The van der Waals surface area contributed by atoms with E-state index in [1.807, 2.05) is 5.38 Å². The molecule has 19 heavy (non-hydrogen) atoms. The van der Waals surface area contributed by atoms with Gasteiger partial charge in [-0.05, 0) is 37.9 Å². The largest absolute Gasteiger partial charge is 0.368 e. The van der Waals surface area contributed by atoms with Gasteiger partial charge in [0.15, 0.2) is 0 Å². The zero-order chi connectivity index (χ0) is 13.4. The van der Waals surface area contributed by atoms with Crippen molar-refractivity contribution in [2.45, 2.75) is 18.9 Å². The normalized spacial score (nSPS) is 20.2. The van der Waals surface area contributed by atoms with Gasteiger partial charge in [-0.25, -0.2) is 4.98 Å². The maximum absolute atomic E-state index is 5.80. The van der Waals surface area contributed by atoms with Gasteiger partial charge in [-0.15, -0.1) is 11.3 Å². The lowest BCUT2D eigenvalue weighted by Gasteiger charge is -2.27. The quantitative estimate of drug-likeness (QED) is 0.927. The lowest BCUT2D eigenvalue weighted by atomic mass is 10.2. The SMILES string of the molecule is CN(CC1CCCN1C)c1nc(N)nc2sccc12. The third kappa shape index (κ3) is 2.37. The highest BCUT2D eigenvalue weighted by molar-refractivity contribution is 7.16. The Hall–Kier alpha value is -1.40. The Morgan fingerprint density at radius 2 is 2.37 bits per heavy atom. The summed E-state index contributed by atoms with van der Waals surface area (Å²) in [5, 5.41) is 3.14. The molecule has 1 aliphatic heterocycles. The molecular weight excluding hydrogens is 258 g/mol. The molecule has 102 valence electrons. The molecule has 0 saturated carbocycles. The lowest BCUT2D eigenvalue weighted by Crippen LogP contribution is -2.37. The molecule has 3 rings (SSSR count). The number of fused-ring (bicyclic) bond motifs is 1. The summed E-state index contributed by atoms with van der Waals surface area (Å²) in [6.45, 7) is 2.18. The summed E-state index contributed by atoms with van der Waals surface area (Å²) in [6, 6.07) is 2.68. The molecule has 0 amide bonds. The number of nitrogens with two attached hydrogens (primary N) is 1. The molecule has 0 aliphatic carbocycles. The molecule has 1 unspecified atom stereocenters. The van der Waals surface area contributed by atoms with Crippen molar-refractivity contribution in [2.75, 3.05) is 37.8 Å². The van der Waals surface area contributed by atoms with E-state index in [9.17, 15) is 0 Å². The molecule has 6 heteroatoms. The molecule has 5 nitrogen and oxygen atoms in total. The van der Waals surface area contributed by atoms with E-state index >= 15 is 0 Å². The van der Waals surface area contributed by atoms with Crippen LogP contribution in [0, 0.1) is 0 Å². The highest BCUT2D eigenvalue weighted by Crippen LogP contribution is 2.28. The number of aromatic nitrogens is 2. The molecule has 1 aliphatic rings. The number of hydrogen-bond acceptors (Lipinski definition) is 6. The number of anilines is 2. The Kier molecular flexibility index (Phi) is 3.28. The lowest BCUT2D eigenvalue weighted by molar-refractivity contribution is 0.314. The molecular formula is C13H19N5S. The van der Waals surface area contributed by atoms with Crippen LogP contribution in [0.1, 0.15) is 12.8 Å². The van der Waals surface area contributed by atoms with E-state index in [-0.39, 0.29) is 0 Å². The van der Waals surface area contributed by atoms with Crippen molar-refractivity contribution in [3.8, 4) is 0 Å². The van der Waals surface area contributed by atoms with Gasteiger partial charge in [-0.2, -0.15) is 4.98 Å².